The molecule has 1 saturated heterocycles. The Morgan fingerprint density at radius 2 is 1.84 bits per heavy atom. The summed E-state index contributed by atoms with van der Waals surface area (Å²) in [5.74, 6) is 1.71. The van der Waals surface area contributed by atoms with Crippen LogP contribution in [0.3, 0.4) is 0 Å². The predicted octanol–water partition coefficient (Wildman–Crippen LogP) is 4.56. The second-order valence-corrected chi connectivity index (χ2v) is 17.0. The van der Waals surface area contributed by atoms with E-state index in [0.29, 0.717) is 42.7 Å². The minimum Gasteiger partial charge on any atom is -0.389 e. The van der Waals surface area contributed by atoms with Gasteiger partial charge in [0, 0.05) is 39.3 Å². The summed E-state index contributed by atoms with van der Waals surface area (Å²) in [6.07, 6.45) is 2.43. The first-order valence-corrected chi connectivity index (χ1v) is 16.9. The van der Waals surface area contributed by atoms with Crippen molar-refractivity contribution in [2.75, 3.05) is 47.4 Å². The van der Waals surface area contributed by atoms with Crippen molar-refractivity contribution in [3.8, 4) is 0 Å². The molecule has 6 rings (SSSR count). The zero-order valence-electron chi connectivity index (χ0n) is 29.2. The van der Waals surface area contributed by atoms with Crippen LogP contribution in [0.2, 0.25) is 0 Å². The van der Waals surface area contributed by atoms with Gasteiger partial charge in [0.25, 0.3) is 0 Å². The van der Waals surface area contributed by atoms with Crippen molar-refractivity contribution >= 4 is 5.91 Å². The monoisotopic (exact) mass is 612 g/mol. The number of nitrogens with one attached hydrogen (secondary N) is 1. The molecule has 8 heteroatoms. The third-order valence-corrected chi connectivity index (χ3v) is 11.7. The minimum atomic E-state index is -0.989. The smallest absolute Gasteiger partial charge is 0.240 e. The Kier molecular flexibility index (Phi) is 9.40. The summed E-state index contributed by atoms with van der Waals surface area (Å²) >= 11 is 0. The van der Waals surface area contributed by atoms with Crippen LogP contribution in [0.15, 0.2) is 24.3 Å². The van der Waals surface area contributed by atoms with Crippen LogP contribution in [0, 0.1) is 34.0 Å². The standard InChI is InChI=1S/C36H60N4O4/c1-24-28-17-27(34(28,5)6)18-29(24)37-32(41)31-36(22-35(36,7)42)30(21-43-10)44-40(31)20-26-13-11-12-25(16-26)19-39(15-14-38(8)9)23-33(2,3)4/h11-13,16,24,27-31,42H,14-15,17-23H2,1-10H3,(H,37,41)/t24-,27+,28-,29-,30-,31+,35?,36+/m0/s1. The van der Waals surface area contributed by atoms with Gasteiger partial charge in [0.15, 0.2) is 0 Å². The van der Waals surface area contributed by atoms with Crippen molar-refractivity contribution in [2.45, 2.75) is 105 Å². The number of rotatable bonds is 12. The highest BCUT2D eigenvalue weighted by atomic mass is 16.7. The Hall–Kier alpha value is -1.55. The van der Waals surface area contributed by atoms with Gasteiger partial charge >= 0.3 is 0 Å². The van der Waals surface area contributed by atoms with Gasteiger partial charge in [-0.2, -0.15) is 5.06 Å². The molecule has 1 amide bonds. The maximum absolute atomic E-state index is 14.3. The number of amides is 1. The number of benzene rings is 1. The summed E-state index contributed by atoms with van der Waals surface area (Å²) in [5, 5.41) is 16.8. The molecule has 0 radical (unpaired) electrons. The fourth-order valence-corrected chi connectivity index (χ4v) is 9.05. The normalized spacial score (nSPS) is 36.2. The number of carbonyl (C=O) groups is 1. The quantitative estimate of drug-likeness (QED) is 0.359. The molecule has 0 aromatic heterocycles. The maximum atomic E-state index is 14.3. The number of carbonyl (C=O) groups excluding carboxylic acids is 1. The van der Waals surface area contributed by atoms with E-state index < -0.39 is 17.1 Å². The van der Waals surface area contributed by atoms with E-state index in [9.17, 15) is 9.90 Å². The molecule has 1 aliphatic heterocycles. The molecule has 2 N–H and O–H groups in total. The van der Waals surface area contributed by atoms with Crippen molar-refractivity contribution in [3.05, 3.63) is 35.4 Å². The highest BCUT2D eigenvalue weighted by Crippen LogP contribution is 2.66. The summed E-state index contributed by atoms with van der Waals surface area (Å²) in [6, 6.07) is 8.26. The number of nitrogens with zero attached hydrogens (tertiary/aromatic N) is 3. The van der Waals surface area contributed by atoms with Crippen LogP contribution >= 0.6 is 0 Å². The van der Waals surface area contributed by atoms with Crippen LogP contribution in [0.1, 0.15) is 78.9 Å². The lowest BCUT2D eigenvalue weighted by atomic mass is 9.45. The summed E-state index contributed by atoms with van der Waals surface area (Å²) in [6.45, 7) is 20.5. The second kappa shape index (κ2) is 12.2. The molecule has 1 spiro atoms. The van der Waals surface area contributed by atoms with Crippen molar-refractivity contribution in [2.24, 2.45) is 34.0 Å². The van der Waals surface area contributed by atoms with Gasteiger partial charge in [0.2, 0.25) is 5.91 Å². The third-order valence-electron chi connectivity index (χ3n) is 11.7. The van der Waals surface area contributed by atoms with Crippen molar-refractivity contribution in [1.82, 2.24) is 20.2 Å². The molecule has 44 heavy (non-hydrogen) atoms. The van der Waals surface area contributed by atoms with Gasteiger partial charge in [-0.15, -0.1) is 0 Å². The van der Waals surface area contributed by atoms with E-state index in [1.807, 2.05) is 12.0 Å². The van der Waals surface area contributed by atoms with Gasteiger partial charge in [-0.05, 0) is 80.0 Å². The van der Waals surface area contributed by atoms with Gasteiger partial charge in [-0.25, -0.2) is 0 Å². The first-order valence-electron chi connectivity index (χ1n) is 16.9. The second-order valence-electron chi connectivity index (χ2n) is 17.0. The Labute approximate surface area is 266 Å². The van der Waals surface area contributed by atoms with Crippen molar-refractivity contribution < 1.29 is 19.5 Å². The number of methoxy groups -OCH3 is 1. The van der Waals surface area contributed by atoms with Crippen LogP contribution in [-0.4, -0.2) is 97.1 Å². The summed E-state index contributed by atoms with van der Waals surface area (Å²) in [4.78, 5) is 25.6. The molecule has 8 atom stereocenters. The number of ether oxygens (including phenoxy) is 1. The van der Waals surface area contributed by atoms with Crippen LogP contribution < -0.4 is 5.32 Å². The first-order chi connectivity index (χ1) is 20.5. The van der Waals surface area contributed by atoms with Crippen LogP contribution in [0.25, 0.3) is 0 Å². The van der Waals surface area contributed by atoms with E-state index >= 15 is 0 Å². The van der Waals surface area contributed by atoms with Gasteiger partial charge < -0.3 is 20.1 Å². The van der Waals surface area contributed by atoms with Crippen molar-refractivity contribution in [1.29, 1.82) is 0 Å². The molecule has 1 heterocycles. The Morgan fingerprint density at radius 3 is 2.41 bits per heavy atom. The fraction of sp³-hybridized carbons (Fsp3) is 0.806. The van der Waals surface area contributed by atoms with Crippen LogP contribution in [-0.2, 0) is 27.5 Å². The Bertz CT molecular complexity index is 1180. The van der Waals surface area contributed by atoms with Gasteiger partial charge in [0.1, 0.15) is 12.1 Å². The van der Waals surface area contributed by atoms with E-state index in [0.717, 1.165) is 38.2 Å². The number of aliphatic hydroxyl groups is 1. The molecule has 5 aliphatic rings. The molecule has 1 unspecified atom stereocenters. The SMILES string of the molecule is COC[C@@H]1ON(Cc2cccc(CN(CCN(C)C)CC(C)(C)C)c2)[C@H](C(=O)N[C@H]2C[C@H]3C[C@@H]([C@@H]2C)C3(C)C)[C@@]12CC2(C)O. The topological polar surface area (TPSA) is 77.5 Å². The lowest BCUT2D eigenvalue weighted by molar-refractivity contribution is -0.185. The number of hydrogen-bond donors (Lipinski definition) is 2. The molecular formula is C36H60N4O4. The lowest BCUT2D eigenvalue weighted by Crippen LogP contribution is -2.62. The van der Waals surface area contributed by atoms with E-state index in [-0.39, 0.29) is 23.5 Å². The molecular weight excluding hydrogens is 552 g/mol. The number of likely N-dealkylation sites (N-methyl/N-ethyl adjacent to an activating group) is 1. The van der Waals surface area contributed by atoms with Crippen LogP contribution in [0.5, 0.6) is 0 Å². The van der Waals surface area contributed by atoms with Gasteiger partial charge in [-0.3, -0.25) is 14.5 Å². The van der Waals surface area contributed by atoms with E-state index in [4.69, 9.17) is 9.57 Å². The maximum Gasteiger partial charge on any atom is 0.240 e. The van der Waals surface area contributed by atoms with Crippen LogP contribution in [0.4, 0.5) is 0 Å². The van der Waals surface area contributed by atoms with Crippen molar-refractivity contribution in [3.63, 3.8) is 0 Å². The zero-order valence-corrected chi connectivity index (χ0v) is 29.2. The molecule has 1 aromatic carbocycles. The number of hydroxylamine groups is 2. The van der Waals surface area contributed by atoms with Gasteiger partial charge in [0.05, 0.1) is 24.2 Å². The lowest BCUT2D eigenvalue weighted by Gasteiger charge is -2.62. The third kappa shape index (κ3) is 6.50. The molecule has 8 nitrogen and oxygen atoms in total. The highest BCUT2D eigenvalue weighted by molar-refractivity contribution is 5.84. The summed E-state index contributed by atoms with van der Waals surface area (Å²) in [7, 11) is 5.91. The molecule has 248 valence electrons. The van der Waals surface area contributed by atoms with E-state index in [1.165, 1.54) is 12.0 Å². The summed E-state index contributed by atoms with van der Waals surface area (Å²) < 4.78 is 5.57. The first kappa shape index (κ1) is 33.8. The number of fused-ring (bicyclic) bond motifs is 2. The Balaban J connectivity index is 1.35. The van der Waals surface area contributed by atoms with E-state index in [1.54, 1.807) is 7.11 Å². The Morgan fingerprint density at radius 1 is 1.16 bits per heavy atom. The fourth-order valence-electron chi connectivity index (χ4n) is 9.05. The predicted molar refractivity (Wildman–Crippen MR) is 175 cm³/mol. The minimum absolute atomic E-state index is 0.0199. The molecule has 1 aromatic rings. The largest absolute Gasteiger partial charge is 0.389 e. The highest BCUT2D eigenvalue weighted by Gasteiger charge is 2.78. The van der Waals surface area contributed by atoms with E-state index in [2.05, 4.69) is 95.0 Å². The molecule has 2 bridgehead atoms. The van der Waals surface area contributed by atoms with Gasteiger partial charge in [-0.1, -0.05) is 65.8 Å². The average Bonchev–Trinajstić information content (AvgIpc) is 3.35. The average molecular weight is 613 g/mol. The summed E-state index contributed by atoms with van der Waals surface area (Å²) in [5.41, 5.74) is 1.23. The molecule has 4 saturated carbocycles. The zero-order chi connectivity index (χ0) is 32.2. The molecule has 4 aliphatic carbocycles. The number of hydrogen-bond acceptors (Lipinski definition) is 7. The molecule has 5 fully saturated rings.